The lowest BCUT2D eigenvalue weighted by atomic mass is 9.87. The van der Waals surface area contributed by atoms with Gasteiger partial charge >= 0.3 is 0 Å². The van der Waals surface area contributed by atoms with Crippen molar-refractivity contribution >= 4 is 17.3 Å². The van der Waals surface area contributed by atoms with Crippen LogP contribution in [0.5, 0.6) is 0 Å². The fraction of sp³-hybridized carbons (Fsp3) is 0.417. The van der Waals surface area contributed by atoms with Crippen molar-refractivity contribution in [3.8, 4) is 0 Å². The molecule has 0 bridgehead atoms. The van der Waals surface area contributed by atoms with Gasteiger partial charge in [0.15, 0.2) is 0 Å². The predicted octanol–water partition coefficient (Wildman–Crippen LogP) is 6.73. The summed E-state index contributed by atoms with van der Waals surface area (Å²) in [4.78, 5) is 6.59. The van der Waals surface area contributed by atoms with Crippen LogP contribution in [0.3, 0.4) is 0 Å². The number of hydrogen-bond donors (Lipinski definition) is 0. The Hall–Kier alpha value is -1.77. The van der Waals surface area contributed by atoms with Crippen LogP contribution in [-0.4, -0.2) is 5.60 Å². The minimum absolute atomic E-state index is 0.111. The van der Waals surface area contributed by atoms with Gasteiger partial charge in [-0.25, -0.2) is 5.06 Å². The maximum Gasteiger partial charge on any atom is 0.114 e. The molecule has 2 aliphatic carbocycles. The van der Waals surface area contributed by atoms with Gasteiger partial charge in [0.25, 0.3) is 0 Å². The van der Waals surface area contributed by atoms with Crippen LogP contribution >= 0.6 is 11.6 Å². The summed E-state index contributed by atoms with van der Waals surface area (Å²) in [6, 6.07) is 18.9. The minimum atomic E-state index is -0.299. The molecule has 0 aromatic heterocycles. The molecule has 3 atom stereocenters. The highest BCUT2D eigenvalue weighted by molar-refractivity contribution is 6.30. The molecule has 2 aromatic carbocycles. The molecule has 3 fully saturated rings. The Morgan fingerprint density at radius 3 is 2.19 bits per heavy atom. The number of nitrogens with zero attached hydrogens (tertiary/aromatic N) is 1. The van der Waals surface area contributed by atoms with Crippen molar-refractivity contribution in [3.05, 3.63) is 76.3 Å². The average Bonchev–Trinajstić information content (AvgIpc) is 3.32. The number of benzene rings is 2. The molecular formula is C24H26ClNO. The van der Waals surface area contributed by atoms with Gasteiger partial charge in [-0.2, -0.15) is 0 Å². The van der Waals surface area contributed by atoms with Crippen molar-refractivity contribution in [1.29, 1.82) is 0 Å². The quantitative estimate of drug-likeness (QED) is 0.536. The number of rotatable bonds is 2. The van der Waals surface area contributed by atoms with E-state index >= 15 is 0 Å². The van der Waals surface area contributed by atoms with E-state index < -0.39 is 0 Å². The van der Waals surface area contributed by atoms with E-state index in [2.05, 4.69) is 61.4 Å². The van der Waals surface area contributed by atoms with Gasteiger partial charge in [-0.3, -0.25) is 4.84 Å². The zero-order valence-electron chi connectivity index (χ0n) is 16.0. The maximum atomic E-state index is 6.59. The Morgan fingerprint density at radius 2 is 1.56 bits per heavy atom. The van der Waals surface area contributed by atoms with E-state index in [1.807, 2.05) is 12.1 Å². The summed E-state index contributed by atoms with van der Waals surface area (Å²) in [6.07, 6.45) is 5.43. The fourth-order valence-electron chi connectivity index (χ4n) is 5.24. The molecule has 0 amide bonds. The first-order chi connectivity index (χ1) is 13.1. The topological polar surface area (TPSA) is 12.5 Å². The van der Waals surface area contributed by atoms with Crippen LogP contribution in [0.2, 0.25) is 5.02 Å². The second-order valence-corrected chi connectivity index (χ2v) is 9.02. The molecule has 1 heterocycles. The second kappa shape index (κ2) is 6.39. The third-order valence-corrected chi connectivity index (χ3v) is 6.70. The monoisotopic (exact) mass is 379 g/mol. The lowest BCUT2D eigenvalue weighted by Gasteiger charge is -2.25. The Labute approximate surface area is 166 Å². The summed E-state index contributed by atoms with van der Waals surface area (Å²) < 4.78 is 0. The molecule has 140 valence electrons. The molecule has 1 saturated heterocycles. The molecule has 3 aliphatic rings. The largest absolute Gasteiger partial charge is 0.262 e. The summed E-state index contributed by atoms with van der Waals surface area (Å²) >= 11 is 6.18. The molecule has 1 aliphatic heterocycles. The van der Waals surface area contributed by atoms with Crippen molar-refractivity contribution in [1.82, 2.24) is 0 Å². The van der Waals surface area contributed by atoms with Crippen LogP contribution in [-0.2, 0) is 4.84 Å². The first-order valence-corrected chi connectivity index (χ1v) is 10.5. The average molecular weight is 380 g/mol. The molecule has 2 saturated carbocycles. The molecule has 2 nitrogen and oxygen atoms in total. The molecule has 3 unspecified atom stereocenters. The molecule has 5 rings (SSSR count). The molecular weight excluding hydrogens is 354 g/mol. The zero-order chi connectivity index (χ0) is 18.6. The third kappa shape index (κ3) is 2.90. The summed E-state index contributed by atoms with van der Waals surface area (Å²) in [5, 5.41) is 2.90. The van der Waals surface area contributed by atoms with Gasteiger partial charge in [0, 0.05) is 5.02 Å². The van der Waals surface area contributed by atoms with E-state index in [1.165, 1.54) is 36.8 Å². The smallest absolute Gasteiger partial charge is 0.114 e. The summed E-state index contributed by atoms with van der Waals surface area (Å²) in [5.41, 5.74) is 5.21. The number of allylic oxidation sites excluding steroid dienone is 1. The normalized spacial score (nSPS) is 29.0. The van der Waals surface area contributed by atoms with Gasteiger partial charge in [0.2, 0.25) is 0 Å². The first kappa shape index (κ1) is 17.3. The van der Waals surface area contributed by atoms with Crippen LogP contribution in [0.15, 0.2) is 65.7 Å². The summed E-state index contributed by atoms with van der Waals surface area (Å²) in [6.45, 7) is 4.46. The van der Waals surface area contributed by atoms with Crippen molar-refractivity contribution in [2.75, 3.05) is 5.06 Å². The Kier molecular flexibility index (Phi) is 4.10. The second-order valence-electron chi connectivity index (χ2n) is 8.58. The Morgan fingerprint density at radius 1 is 0.926 bits per heavy atom. The van der Waals surface area contributed by atoms with E-state index in [0.29, 0.717) is 0 Å². The lowest BCUT2D eigenvalue weighted by Crippen LogP contribution is -2.25. The fourth-order valence-corrected chi connectivity index (χ4v) is 5.37. The molecule has 2 aromatic rings. The van der Waals surface area contributed by atoms with Crippen molar-refractivity contribution in [2.45, 2.75) is 51.2 Å². The number of fused-ring (bicyclic) bond motifs is 1. The van der Waals surface area contributed by atoms with E-state index in [0.717, 1.165) is 22.5 Å². The van der Waals surface area contributed by atoms with Crippen molar-refractivity contribution < 1.29 is 4.84 Å². The molecule has 0 spiro atoms. The van der Waals surface area contributed by atoms with E-state index in [1.54, 1.807) is 5.57 Å². The van der Waals surface area contributed by atoms with E-state index in [4.69, 9.17) is 16.4 Å². The van der Waals surface area contributed by atoms with Crippen LogP contribution in [0.25, 0.3) is 0 Å². The maximum absolute atomic E-state index is 6.59. The van der Waals surface area contributed by atoms with Gasteiger partial charge < -0.3 is 0 Å². The number of para-hydroxylation sites is 1. The molecule has 3 heteroatoms. The third-order valence-electron chi connectivity index (χ3n) is 6.45. The molecule has 0 N–H and O–H groups in total. The highest BCUT2D eigenvalue weighted by Crippen LogP contribution is 2.62. The van der Waals surface area contributed by atoms with Crippen LogP contribution in [0, 0.1) is 11.8 Å². The van der Waals surface area contributed by atoms with Crippen LogP contribution in [0.4, 0.5) is 5.69 Å². The van der Waals surface area contributed by atoms with E-state index in [-0.39, 0.29) is 11.6 Å². The molecule has 27 heavy (non-hydrogen) atoms. The van der Waals surface area contributed by atoms with Crippen LogP contribution < -0.4 is 5.06 Å². The number of hydroxylamine groups is 1. The van der Waals surface area contributed by atoms with E-state index in [9.17, 15) is 0 Å². The van der Waals surface area contributed by atoms with Gasteiger partial charge in [-0.05, 0) is 73.9 Å². The summed E-state index contributed by atoms with van der Waals surface area (Å²) in [7, 11) is 0. The zero-order valence-corrected chi connectivity index (χ0v) is 16.7. The number of anilines is 1. The van der Waals surface area contributed by atoms with Crippen LogP contribution in [0.1, 0.15) is 51.1 Å². The standard InChI is InChI=1S/C24H26ClNO/c1-24(2)22(21-19-10-6-7-11-20(19)21)23(16-12-14-17(25)15-13-16)26(27-24)18-8-4-3-5-9-18/h3-5,8-9,12-15,19-20,23H,6-7,10-11H2,1-2H3. The van der Waals surface area contributed by atoms with Gasteiger partial charge in [0.1, 0.15) is 11.6 Å². The van der Waals surface area contributed by atoms with Crippen molar-refractivity contribution in [2.24, 2.45) is 11.8 Å². The molecule has 0 radical (unpaired) electrons. The van der Waals surface area contributed by atoms with Crippen molar-refractivity contribution in [3.63, 3.8) is 0 Å². The highest BCUT2D eigenvalue weighted by atomic mass is 35.5. The Balaban J connectivity index is 1.66. The van der Waals surface area contributed by atoms with Gasteiger partial charge in [-0.15, -0.1) is 0 Å². The SMILES string of the molecule is CC1(C)ON(c2ccccc2)C(c2ccc(Cl)cc2)C1=C1C2CCCCC12. The lowest BCUT2D eigenvalue weighted by molar-refractivity contribution is 0.0301. The van der Waals surface area contributed by atoms with Gasteiger partial charge in [0.05, 0.1) is 5.69 Å². The highest BCUT2D eigenvalue weighted by Gasteiger charge is 2.55. The minimum Gasteiger partial charge on any atom is -0.262 e. The first-order valence-electron chi connectivity index (χ1n) is 10.1. The number of hydrogen-bond acceptors (Lipinski definition) is 2. The van der Waals surface area contributed by atoms with Gasteiger partial charge in [-0.1, -0.05) is 60.3 Å². The summed E-state index contributed by atoms with van der Waals surface area (Å²) in [5.74, 6) is 1.56. The number of halogens is 1. The predicted molar refractivity (Wildman–Crippen MR) is 111 cm³/mol. The Bertz CT molecular complexity index is 857.